The number of rotatable bonds is 7. The van der Waals surface area contributed by atoms with Gasteiger partial charge in [0, 0.05) is 16.7 Å². The van der Waals surface area contributed by atoms with Crippen molar-refractivity contribution in [2.24, 2.45) is 0 Å². The highest BCUT2D eigenvalue weighted by Gasteiger charge is 2.09. The van der Waals surface area contributed by atoms with Crippen LogP contribution in [0.15, 0.2) is 59.5 Å². The van der Waals surface area contributed by atoms with E-state index in [-0.39, 0.29) is 0 Å². The molecule has 20 heavy (non-hydrogen) atoms. The Morgan fingerprint density at radius 3 is 2.60 bits per heavy atom. The zero-order valence-corrected chi connectivity index (χ0v) is 12.6. The van der Waals surface area contributed by atoms with Gasteiger partial charge in [0.2, 0.25) is 0 Å². The Morgan fingerprint density at radius 1 is 1.10 bits per heavy atom. The van der Waals surface area contributed by atoms with Gasteiger partial charge in [-0.05, 0) is 42.8 Å². The maximum Gasteiger partial charge on any atom is 0.115 e. The molecule has 0 saturated carbocycles. The SMILES string of the molecule is CCNC(CSc1ccccc1)Cc1cccc(O)c1. The average Bonchev–Trinajstić information content (AvgIpc) is 2.46. The lowest BCUT2D eigenvalue weighted by Crippen LogP contribution is -2.33. The molecule has 0 aliphatic rings. The maximum atomic E-state index is 9.54. The van der Waals surface area contributed by atoms with Gasteiger partial charge < -0.3 is 10.4 Å². The van der Waals surface area contributed by atoms with E-state index in [0.717, 1.165) is 18.7 Å². The van der Waals surface area contributed by atoms with Gasteiger partial charge in [-0.2, -0.15) is 0 Å². The van der Waals surface area contributed by atoms with Gasteiger partial charge in [0.05, 0.1) is 0 Å². The molecule has 106 valence electrons. The third-order valence-corrected chi connectivity index (χ3v) is 4.25. The van der Waals surface area contributed by atoms with Gasteiger partial charge in [0.1, 0.15) is 5.75 Å². The van der Waals surface area contributed by atoms with Crippen molar-refractivity contribution in [2.45, 2.75) is 24.3 Å². The first-order valence-corrected chi connectivity index (χ1v) is 7.95. The highest BCUT2D eigenvalue weighted by Crippen LogP contribution is 2.20. The predicted molar refractivity (Wildman–Crippen MR) is 86.4 cm³/mol. The number of thioether (sulfide) groups is 1. The van der Waals surface area contributed by atoms with Crippen LogP contribution in [0.2, 0.25) is 0 Å². The van der Waals surface area contributed by atoms with E-state index in [9.17, 15) is 5.11 Å². The summed E-state index contributed by atoms with van der Waals surface area (Å²) in [5.74, 6) is 1.36. The van der Waals surface area contributed by atoms with Gasteiger partial charge in [-0.25, -0.2) is 0 Å². The molecule has 0 radical (unpaired) electrons. The number of benzene rings is 2. The normalized spacial score (nSPS) is 12.2. The minimum Gasteiger partial charge on any atom is -0.508 e. The lowest BCUT2D eigenvalue weighted by molar-refractivity contribution is 0.473. The van der Waals surface area contributed by atoms with Gasteiger partial charge in [-0.15, -0.1) is 11.8 Å². The first kappa shape index (κ1) is 14.9. The van der Waals surface area contributed by atoms with Crippen LogP contribution in [-0.4, -0.2) is 23.4 Å². The van der Waals surface area contributed by atoms with E-state index >= 15 is 0 Å². The van der Waals surface area contributed by atoms with E-state index in [4.69, 9.17) is 0 Å². The van der Waals surface area contributed by atoms with Crippen LogP contribution in [-0.2, 0) is 6.42 Å². The number of likely N-dealkylation sites (N-methyl/N-ethyl adjacent to an activating group) is 1. The fourth-order valence-corrected chi connectivity index (χ4v) is 3.14. The predicted octanol–water partition coefficient (Wildman–Crippen LogP) is 3.71. The fraction of sp³-hybridized carbons (Fsp3) is 0.294. The molecule has 0 spiro atoms. The Balaban J connectivity index is 1.93. The zero-order chi connectivity index (χ0) is 14.2. The molecule has 2 aromatic carbocycles. The third-order valence-electron chi connectivity index (χ3n) is 3.08. The van der Waals surface area contributed by atoms with Gasteiger partial charge >= 0.3 is 0 Å². The molecule has 2 nitrogen and oxygen atoms in total. The van der Waals surface area contributed by atoms with Gasteiger partial charge in [0.25, 0.3) is 0 Å². The highest BCUT2D eigenvalue weighted by atomic mass is 32.2. The molecular weight excluding hydrogens is 266 g/mol. The van der Waals surface area contributed by atoms with Crippen LogP contribution in [0.5, 0.6) is 5.75 Å². The van der Waals surface area contributed by atoms with Crippen molar-refractivity contribution in [2.75, 3.05) is 12.3 Å². The largest absolute Gasteiger partial charge is 0.508 e. The summed E-state index contributed by atoms with van der Waals surface area (Å²) in [7, 11) is 0. The van der Waals surface area contributed by atoms with Crippen molar-refractivity contribution in [1.82, 2.24) is 5.32 Å². The monoisotopic (exact) mass is 287 g/mol. The van der Waals surface area contributed by atoms with E-state index in [0.29, 0.717) is 11.8 Å². The van der Waals surface area contributed by atoms with Crippen LogP contribution < -0.4 is 5.32 Å². The number of phenols is 1. The quantitative estimate of drug-likeness (QED) is 0.762. The summed E-state index contributed by atoms with van der Waals surface area (Å²) in [4.78, 5) is 1.30. The molecule has 0 amide bonds. The number of nitrogens with one attached hydrogen (secondary N) is 1. The molecule has 0 aliphatic heterocycles. The Hall–Kier alpha value is -1.45. The lowest BCUT2D eigenvalue weighted by atomic mass is 10.1. The molecule has 1 atom stereocenters. The molecule has 2 aromatic rings. The second kappa shape index (κ2) is 7.98. The Bertz CT molecular complexity index is 515. The smallest absolute Gasteiger partial charge is 0.115 e. The minimum absolute atomic E-state index is 0.341. The fourth-order valence-electron chi connectivity index (χ4n) is 2.16. The maximum absolute atomic E-state index is 9.54. The van der Waals surface area contributed by atoms with Crippen molar-refractivity contribution < 1.29 is 5.11 Å². The van der Waals surface area contributed by atoms with Crippen molar-refractivity contribution in [3.8, 4) is 5.75 Å². The number of aromatic hydroxyl groups is 1. The van der Waals surface area contributed by atoms with Crippen LogP contribution in [0, 0.1) is 0 Å². The topological polar surface area (TPSA) is 32.3 Å². The molecule has 0 saturated heterocycles. The summed E-state index contributed by atoms with van der Waals surface area (Å²) in [5, 5.41) is 13.1. The van der Waals surface area contributed by atoms with E-state index < -0.39 is 0 Å². The van der Waals surface area contributed by atoms with Gasteiger partial charge in [-0.1, -0.05) is 37.3 Å². The third kappa shape index (κ3) is 4.91. The number of hydrogen-bond donors (Lipinski definition) is 2. The zero-order valence-electron chi connectivity index (χ0n) is 11.8. The van der Waals surface area contributed by atoms with E-state index in [2.05, 4.69) is 42.6 Å². The van der Waals surface area contributed by atoms with Crippen molar-refractivity contribution in [1.29, 1.82) is 0 Å². The summed E-state index contributed by atoms with van der Waals surface area (Å²) >= 11 is 1.87. The Labute approximate surface area is 125 Å². The number of phenolic OH excluding ortho intramolecular Hbond substituents is 1. The first-order chi connectivity index (χ1) is 9.78. The van der Waals surface area contributed by atoms with E-state index in [1.807, 2.05) is 30.0 Å². The molecule has 3 heteroatoms. The molecule has 0 aromatic heterocycles. The van der Waals surface area contributed by atoms with Crippen LogP contribution in [0.25, 0.3) is 0 Å². The second-order valence-corrected chi connectivity index (χ2v) is 5.85. The standard InChI is InChI=1S/C17H21NOS/c1-2-18-15(11-14-7-6-8-16(19)12-14)13-20-17-9-4-3-5-10-17/h3-10,12,15,18-19H,2,11,13H2,1H3. The molecule has 2 rings (SSSR count). The summed E-state index contributed by atoms with van der Waals surface area (Å²) in [6.45, 7) is 3.08. The van der Waals surface area contributed by atoms with Gasteiger partial charge in [-0.3, -0.25) is 0 Å². The van der Waals surface area contributed by atoms with Crippen molar-refractivity contribution in [3.05, 3.63) is 60.2 Å². The van der Waals surface area contributed by atoms with E-state index in [1.54, 1.807) is 6.07 Å². The molecule has 0 fully saturated rings. The Morgan fingerprint density at radius 2 is 1.90 bits per heavy atom. The van der Waals surface area contributed by atoms with Crippen LogP contribution in [0.4, 0.5) is 0 Å². The molecule has 0 aliphatic carbocycles. The molecule has 0 heterocycles. The van der Waals surface area contributed by atoms with Crippen LogP contribution in [0.3, 0.4) is 0 Å². The van der Waals surface area contributed by atoms with Crippen LogP contribution in [0.1, 0.15) is 12.5 Å². The lowest BCUT2D eigenvalue weighted by Gasteiger charge is -2.17. The molecule has 2 N–H and O–H groups in total. The van der Waals surface area contributed by atoms with Crippen molar-refractivity contribution >= 4 is 11.8 Å². The number of hydrogen-bond acceptors (Lipinski definition) is 3. The second-order valence-electron chi connectivity index (χ2n) is 4.75. The molecule has 0 bridgehead atoms. The first-order valence-electron chi connectivity index (χ1n) is 6.97. The summed E-state index contributed by atoms with van der Waals surface area (Å²) in [6, 6.07) is 18.4. The van der Waals surface area contributed by atoms with Crippen molar-refractivity contribution in [3.63, 3.8) is 0 Å². The summed E-state index contributed by atoms with van der Waals surface area (Å²) in [6.07, 6.45) is 0.933. The molecular formula is C17H21NOS. The average molecular weight is 287 g/mol. The van der Waals surface area contributed by atoms with E-state index in [1.165, 1.54) is 10.5 Å². The molecule has 1 unspecified atom stereocenters. The minimum atomic E-state index is 0.341. The summed E-state index contributed by atoms with van der Waals surface area (Å²) in [5.41, 5.74) is 1.17. The highest BCUT2D eigenvalue weighted by molar-refractivity contribution is 7.99. The summed E-state index contributed by atoms with van der Waals surface area (Å²) < 4.78 is 0. The Kier molecular flexibility index (Phi) is 5.96. The van der Waals surface area contributed by atoms with Gasteiger partial charge in [0.15, 0.2) is 0 Å². The van der Waals surface area contributed by atoms with Crippen LogP contribution >= 0.6 is 11.8 Å².